The lowest BCUT2D eigenvalue weighted by molar-refractivity contribution is -0.0586. The summed E-state index contributed by atoms with van der Waals surface area (Å²) in [5.74, 6) is 0.638. The van der Waals surface area contributed by atoms with Crippen LogP contribution in [0.4, 0.5) is 0 Å². The average molecular weight is 346 g/mol. The van der Waals surface area contributed by atoms with Gasteiger partial charge in [-0.2, -0.15) is 0 Å². The van der Waals surface area contributed by atoms with E-state index in [0.29, 0.717) is 25.0 Å². The summed E-state index contributed by atoms with van der Waals surface area (Å²) in [6.07, 6.45) is 1.25. The minimum Gasteiger partial charge on any atom is -0.381 e. The van der Waals surface area contributed by atoms with Gasteiger partial charge in [-0.3, -0.25) is 4.79 Å². The van der Waals surface area contributed by atoms with Crippen molar-refractivity contribution in [2.75, 3.05) is 26.3 Å². The summed E-state index contributed by atoms with van der Waals surface area (Å²) in [5.41, 5.74) is 1.96. The molecule has 1 amide bonds. The Hall–Kier alpha value is -1.43. The van der Waals surface area contributed by atoms with Crippen LogP contribution in [0.5, 0.6) is 0 Å². The van der Waals surface area contributed by atoms with Gasteiger partial charge >= 0.3 is 0 Å². The Labute approximate surface area is 150 Å². The molecule has 2 heterocycles. The fourth-order valence-electron chi connectivity index (χ4n) is 3.72. The van der Waals surface area contributed by atoms with E-state index in [1.807, 2.05) is 30.9 Å². The number of nitrogens with zero attached hydrogens (tertiary/aromatic N) is 1. The van der Waals surface area contributed by atoms with E-state index >= 15 is 0 Å². The van der Waals surface area contributed by atoms with Crippen molar-refractivity contribution in [2.45, 2.75) is 52.0 Å². The molecule has 2 aliphatic rings. The molecule has 1 N–H and O–H groups in total. The van der Waals surface area contributed by atoms with E-state index in [1.54, 1.807) is 0 Å². The molecule has 25 heavy (non-hydrogen) atoms. The highest BCUT2D eigenvalue weighted by Gasteiger charge is 2.26. The normalized spacial score (nSPS) is 30.3. The van der Waals surface area contributed by atoms with E-state index in [2.05, 4.69) is 24.4 Å². The molecule has 1 aromatic carbocycles. The monoisotopic (exact) mass is 346 g/mol. The predicted molar refractivity (Wildman–Crippen MR) is 97.6 cm³/mol. The first kappa shape index (κ1) is 18.4. The zero-order valence-corrected chi connectivity index (χ0v) is 15.5. The number of amides is 1. The minimum atomic E-state index is 0.0950. The summed E-state index contributed by atoms with van der Waals surface area (Å²) in [7, 11) is 0. The van der Waals surface area contributed by atoms with Crippen molar-refractivity contribution in [3.63, 3.8) is 0 Å². The second-order valence-electron chi connectivity index (χ2n) is 7.49. The summed E-state index contributed by atoms with van der Waals surface area (Å²) in [6, 6.07) is 8.50. The molecule has 2 fully saturated rings. The van der Waals surface area contributed by atoms with Gasteiger partial charge < -0.3 is 19.7 Å². The Bertz CT molecular complexity index is 565. The maximum absolute atomic E-state index is 12.7. The van der Waals surface area contributed by atoms with Crippen LogP contribution in [0.15, 0.2) is 24.3 Å². The summed E-state index contributed by atoms with van der Waals surface area (Å²) >= 11 is 0. The van der Waals surface area contributed by atoms with Crippen LogP contribution < -0.4 is 5.32 Å². The van der Waals surface area contributed by atoms with Gasteiger partial charge in [0.15, 0.2) is 0 Å². The molecule has 0 saturated carbocycles. The van der Waals surface area contributed by atoms with Gasteiger partial charge in [-0.1, -0.05) is 19.1 Å². The largest absolute Gasteiger partial charge is 0.381 e. The Morgan fingerprint density at radius 1 is 1.16 bits per heavy atom. The molecule has 138 valence electrons. The van der Waals surface area contributed by atoms with Crippen LogP contribution in [-0.4, -0.2) is 55.4 Å². The zero-order valence-electron chi connectivity index (χ0n) is 15.5. The van der Waals surface area contributed by atoms with Crippen molar-refractivity contribution in [3.8, 4) is 0 Å². The van der Waals surface area contributed by atoms with Crippen molar-refractivity contribution >= 4 is 5.91 Å². The summed E-state index contributed by atoms with van der Waals surface area (Å²) in [4.78, 5) is 14.6. The van der Waals surface area contributed by atoms with Gasteiger partial charge in [0.25, 0.3) is 5.91 Å². The number of morpholine rings is 1. The van der Waals surface area contributed by atoms with Crippen LogP contribution in [0, 0.1) is 5.92 Å². The van der Waals surface area contributed by atoms with E-state index in [9.17, 15) is 4.79 Å². The Kier molecular flexibility index (Phi) is 6.10. The van der Waals surface area contributed by atoms with E-state index < -0.39 is 0 Å². The Balaban J connectivity index is 1.55. The minimum absolute atomic E-state index is 0.0950. The zero-order chi connectivity index (χ0) is 17.8. The fraction of sp³-hybridized carbons (Fsp3) is 0.650. The molecule has 0 spiro atoms. The molecule has 4 unspecified atom stereocenters. The highest BCUT2D eigenvalue weighted by atomic mass is 16.5. The number of carbonyl (C=O) groups excluding carboxylic acids is 1. The summed E-state index contributed by atoms with van der Waals surface area (Å²) in [5, 5.41) is 3.62. The molecule has 0 bridgehead atoms. The van der Waals surface area contributed by atoms with E-state index in [-0.39, 0.29) is 18.1 Å². The number of hydrogen-bond acceptors (Lipinski definition) is 4. The van der Waals surface area contributed by atoms with Gasteiger partial charge in [-0.05, 0) is 43.9 Å². The number of carbonyl (C=O) groups is 1. The van der Waals surface area contributed by atoms with Gasteiger partial charge in [-0.25, -0.2) is 0 Å². The molecular formula is C20H30N2O3. The number of rotatable bonds is 4. The Morgan fingerprint density at radius 2 is 1.84 bits per heavy atom. The lowest BCUT2D eigenvalue weighted by Crippen LogP contribution is -2.48. The molecule has 2 aliphatic heterocycles. The highest BCUT2D eigenvalue weighted by Crippen LogP contribution is 2.17. The third kappa shape index (κ3) is 4.81. The van der Waals surface area contributed by atoms with Crippen molar-refractivity contribution in [2.24, 2.45) is 5.92 Å². The number of benzene rings is 1. The number of hydrogen-bond donors (Lipinski definition) is 1. The molecule has 0 radical (unpaired) electrons. The maximum atomic E-state index is 12.7. The van der Waals surface area contributed by atoms with Crippen molar-refractivity contribution in [1.29, 1.82) is 0 Å². The smallest absolute Gasteiger partial charge is 0.254 e. The van der Waals surface area contributed by atoms with Crippen molar-refractivity contribution in [3.05, 3.63) is 35.4 Å². The van der Waals surface area contributed by atoms with Crippen LogP contribution in [0.1, 0.15) is 43.1 Å². The number of ether oxygens (including phenoxy) is 2. The SMILES string of the molecule is CC1CN(C(=O)c2ccc(CNC3CCOCC3C)cc2)CC(C)O1. The molecular weight excluding hydrogens is 316 g/mol. The standard InChI is InChI=1S/C20H30N2O3/c1-14-13-24-9-8-19(14)21-10-17-4-6-18(7-5-17)20(23)22-11-15(2)25-16(3)12-22/h4-7,14-16,19,21H,8-13H2,1-3H3. The second kappa shape index (κ2) is 8.30. The molecule has 3 rings (SSSR count). The first-order chi connectivity index (χ1) is 12.0. The van der Waals surface area contributed by atoms with E-state index in [1.165, 1.54) is 5.56 Å². The van der Waals surface area contributed by atoms with Crippen molar-refractivity contribution < 1.29 is 14.3 Å². The molecule has 5 nitrogen and oxygen atoms in total. The topological polar surface area (TPSA) is 50.8 Å². The van der Waals surface area contributed by atoms with Crippen molar-refractivity contribution in [1.82, 2.24) is 10.2 Å². The van der Waals surface area contributed by atoms with E-state index in [4.69, 9.17) is 9.47 Å². The summed E-state index contributed by atoms with van der Waals surface area (Å²) in [6.45, 7) is 10.1. The van der Waals surface area contributed by atoms with Crippen LogP contribution in [-0.2, 0) is 16.0 Å². The third-order valence-electron chi connectivity index (χ3n) is 5.12. The van der Waals surface area contributed by atoms with E-state index in [0.717, 1.165) is 31.7 Å². The number of nitrogens with one attached hydrogen (secondary N) is 1. The second-order valence-corrected chi connectivity index (χ2v) is 7.49. The van der Waals surface area contributed by atoms with Crippen LogP contribution >= 0.6 is 0 Å². The molecule has 0 aliphatic carbocycles. The van der Waals surface area contributed by atoms with Crippen LogP contribution in [0.3, 0.4) is 0 Å². The quantitative estimate of drug-likeness (QED) is 0.910. The predicted octanol–water partition coefficient (Wildman–Crippen LogP) is 2.45. The van der Waals surface area contributed by atoms with Gasteiger partial charge in [0, 0.05) is 37.8 Å². The van der Waals surface area contributed by atoms with Gasteiger partial charge in [0.05, 0.1) is 18.8 Å². The van der Waals surface area contributed by atoms with Crippen LogP contribution in [0.2, 0.25) is 0 Å². The first-order valence-electron chi connectivity index (χ1n) is 9.37. The maximum Gasteiger partial charge on any atom is 0.254 e. The van der Waals surface area contributed by atoms with Gasteiger partial charge in [-0.15, -0.1) is 0 Å². The highest BCUT2D eigenvalue weighted by molar-refractivity contribution is 5.94. The lowest BCUT2D eigenvalue weighted by Gasteiger charge is -2.35. The molecule has 1 aromatic rings. The van der Waals surface area contributed by atoms with Crippen LogP contribution in [0.25, 0.3) is 0 Å². The fourth-order valence-corrected chi connectivity index (χ4v) is 3.72. The first-order valence-corrected chi connectivity index (χ1v) is 9.37. The average Bonchev–Trinajstić information content (AvgIpc) is 2.60. The van der Waals surface area contributed by atoms with Gasteiger partial charge in [0.2, 0.25) is 0 Å². The lowest BCUT2D eigenvalue weighted by atomic mass is 9.97. The third-order valence-corrected chi connectivity index (χ3v) is 5.12. The molecule has 5 heteroatoms. The Morgan fingerprint density at radius 3 is 2.48 bits per heavy atom. The summed E-state index contributed by atoms with van der Waals surface area (Å²) < 4.78 is 11.2. The molecule has 4 atom stereocenters. The molecule has 0 aromatic heterocycles. The molecule has 2 saturated heterocycles. The van der Waals surface area contributed by atoms with Gasteiger partial charge in [0.1, 0.15) is 0 Å².